The molecule has 0 bridgehead atoms. The summed E-state index contributed by atoms with van der Waals surface area (Å²) < 4.78 is 45.6. The highest BCUT2D eigenvalue weighted by Crippen LogP contribution is 2.33. The molecule has 1 amide bonds. The lowest BCUT2D eigenvalue weighted by molar-refractivity contribution is -0.142. The second kappa shape index (κ2) is 8.02. The summed E-state index contributed by atoms with van der Waals surface area (Å²) in [6.45, 7) is 1.81. The molecular weight excluding hydrogens is 387 g/mol. The van der Waals surface area contributed by atoms with Gasteiger partial charge in [0.2, 0.25) is 5.88 Å². The van der Waals surface area contributed by atoms with Crippen LogP contribution in [0, 0.1) is 11.3 Å². The van der Waals surface area contributed by atoms with Gasteiger partial charge in [0.05, 0.1) is 30.1 Å². The van der Waals surface area contributed by atoms with Gasteiger partial charge in [-0.25, -0.2) is 9.67 Å². The van der Waals surface area contributed by atoms with Crippen molar-refractivity contribution >= 4 is 11.7 Å². The van der Waals surface area contributed by atoms with E-state index in [1.165, 1.54) is 24.3 Å². The number of benzene rings is 1. The van der Waals surface area contributed by atoms with Gasteiger partial charge in [0.15, 0.2) is 5.69 Å². The summed E-state index contributed by atoms with van der Waals surface area (Å²) in [5.41, 5.74) is -0.382. The highest BCUT2D eigenvalue weighted by Gasteiger charge is 2.36. The number of carbonyl (C=O) groups is 1. The van der Waals surface area contributed by atoms with Crippen LogP contribution in [0.3, 0.4) is 0 Å². The summed E-state index contributed by atoms with van der Waals surface area (Å²) in [5, 5.41) is 15.2. The molecule has 0 aliphatic heterocycles. The standard InChI is InChI=1S/C19H14F3N5O2/c1-2-29-17-9-15(19(20,21)22)27(26-17)14-6-7-16(24-11-14)25-18(28)13-5-3-4-12(8-13)10-23/h3-9,11H,2H2,1H3,(H,24,25,28). The molecule has 1 aromatic carbocycles. The molecule has 2 heterocycles. The van der Waals surface area contributed by atoms with E-state index in [1.54, 1.807) is 19.1 Å². The Hall–Kier alpha value is -3.87. The van der Waals surface area contributed by atoms with Crippen LogP contribution in [0.1, 0.15) is 28.5 Å². The molecule has 29 heavy (non-hydrogen) atoms. The molecule has 0 radical (unpaired) electrons. The van der Waals surface area contributed by atoms with Crippen LogP contribution in [-0.4, -0.2) is 27.3 Å². The van der Waals surface area contributed by atoms with Gasteiger partial charge in [-0.15, -0.1) is 5.10 Å². The molecule has 0 spiro atoms. The van der Waals surface area contributed by atoms with E-state index < -0.39 is 17.8 Å². The topological polar surface area (TPSA) is 92.8 Å². The van der Waals surface area contributed by atoms with Gasteiger partial charge in [-0.05, 0) is 37.3 Å². The van der Waals surface area contributed by atoms with E-state index in [1.807, 2.05) is 6.07 Å². The van der Waals surface area contributed by atoms with Gasteiger partial charge >= 0.3 is 6.18 Å². The van der Waals surface area contributed by atoms with E-state index in [0.29, 0.717) is 10.2 Å². The minimum atomic E-state index is -4.64. The lowest BCUT2D eigenvalue weighted by atomic mass is 10.1. The molecule has 0 saturated heterocycles. The number of halogens is 3. The van der Waals surface area contributed by atoms with Crippen molar-refractivity contribution in [2.75, 3.05) is 11.9 Å². The maximum Gasteiger partial charge on any atom is 0.433 e. The lowest BCUT2D eigenvalue weighted by Gasteiger charge is -2.10. The average molecular weight is 401 g/mol. The fourth-order valence-corrected chi connectivity index (χ4v) is 2.48. The number of anilines is 1. The highest BCUT2D eigenvalue weighted by molar-refractivity contribution is 6.03. The molecule has 10 heteroatoms. The van der Waals surface area contributed by atoms with Crippen LogP contribution < -0.4 is 10.1 Å². The van der Waals surface area contributed by atoms with Crippen LogP contribution in [0.2, 0.25) is 0 Å². The summed E-state index contributed by atoms with van der Waals surface area (Å²) in [7, 11) is 0. The molecule has 0 atom stereocenters. The molecule has 1 N–H and O–H groups in total. The summed E-state index contributed by atoms with van der Waals surface area (Å²) >= 11 is 0. The number of carbonyl (C=O) groups excluding carboxylic acids is 1. The monoisotopic (exact) mass is 401 g/mol. The van der Waals surface area contributed by atoms with Crippen LogP contribution in [0.5, 0.6) is 5.88 Å². The van der Waals surface area contributed by atoms with Crippen LogP contribution in [-0.2, 0) is 6.18 Å². The lowest BCUT2D eigenvalue weighted by Crippen LogP contribution is -2.15. The second-order valence-corrected chi connectivity index (χ2v) is 5.76. The summed E-state index contributed by atoms with van der Waals surface area (Å²) in [6.07, 6.45) is -3.49. The molecular formula is C19H14F3N5O2. The third-order valence-corrected chi connectivity index (χ3v) is 3.76. The van der Waals surface area contributed by atoms with Gasteiger partial charge in [0.1, 0.15) is 5.82 Å². The maximum atomic E-state index is 13.3. The van der Waals surface area contributed by atoms with Crippen LogP contribution in [0.25, 0.3) is 5.69 Å². The number of nitriles is 1. The number of hydrogen-bond acceptors (Lipinski definition) is 5. The van der Waals surface area contributed by atoms with Crippen LogP contribution >= 0.6 is 0 Å². The number of pyridine rings is 1. The summed E-state index contributed by atoms with van der Waals surface area (Å²) in [6, 6.07) is 11.5. The Morgan fingerprint density at radius 2 is 2.07 bits per heavy atom. The Balaban J connectivity index is 1.83. The highest BCUT2D eigenvalue weighted by atomic mass is 19.4. The molecule has 0 saturated carbocycles. The summed E-state index contributed by atoms with van der Waals surface area (Å²) in [4.78, 5) is 16.2. The predicted molar refractivity (Wildman–Crippen MR) is 96.6 cm³/mol. The number of nitrogens with zero attached hydrogens (tertiary/aromatic N) is 4. The largest absolute Gasteiger partial charge is 0.477 e. The van der Waals surface area contributed by atoms with Crippen molar-refractivity contribution in [2.24, 2.45) is 0 Å². The fourth-order valence-electron chi connectivity index (χ4n) is 2.48. The molecule has 0 fully saturated rings. The number of aromatic nitrogens is 3. The predicted octanol–water partition coefficient (Wildman–Crippen LogP) is 3.81. The number of amides is 1. The zero-order chi connectivity index (χ0) is 21.0. The number of ether oxygens (including phenoxy) is 1. The van der Waals surface area contributed by atoms with Gasteiger partial charge in [-0.1, -0.05) is 6.07 Å². The van der Waals surface area contributed by atoms with Gasteiger partial charge < -0.3 is 10.1 Å². The number of hydrogen-bond donors (Lipinski definition) is 1. The SMILES string of the molecule is CCOc1cc(C(F)(F)F)n(-c2ccc(NC(=O)c3cccc(C#N)c3)nc2)n1. The molecule has 2 aromatic heterocycles. The van der Waals surface area contributed by atoms with E-state index >= 15 is 0 Å². The quantitative estimate of drug-likeness (QED) is 0.702. The Bertz CT molecular complexity index is 1070. The van der Waals surface area contributed by atoms with E-state index in [2.05, 4.69) is 15.4 Å². The minimum Gasteiger partial charge on any atom is -0.477 e. The Labute approximate surface area is 163 Å². The molecule has 7 nitrogen and oxygen atoms in total. The molecule has 0 unspecified atom stereocenters. The van der Waals surface area contributed by atoms with Crippen LogP contribution in [0.4, 0.5) is 19.0 Å². The molecule has 0 aliphatic carbocycles. The smallest absolute Gasteiger partial charge is 0.433 e. The maximum absolute atomic E-state index is 13.3. The van der Waals surface area contributed by atoms with Gasteiger partial charge in [0.25, 0.3) is 5.91 Å². The fraction of sp³-hybridized carbons (Fsp3) is 0.158. The van der Waals surface area contributed by atoms with E-state index in [4.69, 9.17) is 10.00 Å². The number of alkyl halides is 3. The van der Waals surface area contributed by atoms with Gasteiger partial charge in [0, 0.05) is 11.6 Å². The van der Waals surface area contributed by atoms with E-state index in [9.17, 15) is 18.0 Å². The van der Waals surface area contributed by atoms with Gasteiger partial charge in [-0.3, -0.25) is 4.79 Å². The molecule has 3 aromatic rings. The second-order valence-electron chi connectivity index (χ2n) is 5.76. The van der Waals surface area contributed by atoms with Crippen molar-refractivity contribution in [3.8, 4) is 17.6 Å². The average Bonchev–Trinajstić information content (AvgIpc) is 3.13. The Morgan fingerprint density at radius 3 is 2.69 bits per heavy atom. The van der Waals surface area contributed by atoms with Crippen molar-refractivity contribution in [1.82, 2.24) is 14.8 Å². The molecule has 0 aliphatic rings. The van der Waals surface area contributed by atoms with Crippen LogP contribution in [0.15, 0.2) is 48.7 Å². The van der Waals surface area contributed by atoms with Crippen molar-refractivity contribution < 1.29 is 22.7 Å². The number of nitrogens with one attached hydrogen (secondary N) is 1. The minimum absolute atomic E-state index is 0.0488. The van der Waals surface area contributed by atoms with Crippen molar-refractivity contribution in [3.05, 3.63) is 65.5 Å². The number of rotatable bonds is 5. The third-order valence-electron chi connectivity index (χ3n) is 3.76. The third kappa shape index (κ3) is 4.52. The zero-order valence-corrected chi connectivity index (χ0v) is 15.1. The Morgan fingerprint density at radius 1 is 1.28 bits per heavy atom. The van der Waals surface area contributed by atoms with Gasteiger partial charge in [-0.2, -0.15) is 18.4 Å². The zero-order valence-electron chi connectivity index (χ0n) is 15.1. The van der Waals surface area contributed by atoms with Crippen molar-refractivity contribution in [1.29, 1.82) is 5.26 Å². The first-order chi connectivity index (χ1) is 13.8. The normalized spacial score (nSPS) is 11.0. The first-order valence-electron chi connectivity index (χ1n) is 8.40. The molecule has 3 rings (SSSR count). The van der Waals surface area contributed by atoms with E-state index in [0.717, 1.165) is 12.3 Å². The molecule has 148 valence electrons. The van der Waals surface area contributed by atoms with E-state index in [-0.39, 0.29) is 29.6 Å². The Kier molecular flexibility index (Phi) is 5.50. The first kappa shape index (κ1) is 19.9. The summed E-state index contributed by atoms with van der Waals surface area (Å²) in [5.74, 6) is -0.530. The first-order valence-corrected chi connectivity index (χ1v) is 8.40. The van der Waals surface area contributed by atoms with Crippen molar-refractivity contribution in [3.63, 3.8) is 0 Å². The van der Waals surface area contributed by atoms with Crippen molar-refractivity contribution in [2.45, 2.75) is 13.1 Å².